The van der Waals surface area contributed by atoms with Crippen LogP contribution < -0.4 is 10.1 Å². The molecule has 0 aliphatic carbocycles. The summed E-state index contributed by atoms with van der Waals surface area (Å²) in [5, 5.41) is 3.08. The van der Waals surface area contributed by atoms with E-state index in [0.29, 0.717) is 5.69 Å². The SMILES string of the molecule is COc1ccc(Nc2ccncc2Br)cc1F. The van der Waals surface area contributed by atoms with Crippen LogP contribution in [0, 0.1) is 5.82 Å². The first kappa shape index (κ1) is 11.9. The molecule has 0 amide bonds. The topological polar surface area (TPSA) is 34.1 Å². The minimum Gasteiger partial charge on any atom is -0.494 e. The van der Waals surface area contributed by atoms with Crippen LogP contribution in [0.25, 0.3) is 0 Å². The van der Waals surface area contributed by atoms with Crippen LogP contribution in [0.5, 0.6) is 5.75 Å². The third kappa shape index (κ3) is 2.74. The molecule has 1 heterocycles. The third-order valence-corrected chi connectivity index (χ3v) is 2.84. The Morgan fingerprint density at radius 3 is 2.82 bits per heavy atom. The van der Waals surface area contributed by atoms with Gasteiger partial charge in [0.15, 0.2) is 11.6 Å². The zero-order chi connectivity index (χ0) is 12.3. The Labute approximate surface area is 107 Å². The van der Waals surface area contributed by atoms with E-state index in [0.717, 1.165) is 10.2 Å². The van der Waals surface area contributed by atoms with E-state index in [1.807, 2.05) is 0 Å². The average molecular weight is 297 g/mol. The number of hydrogen-bond donors (Lipinski definition) is 1. The molecular weight excluding hydrogens is 287 g/mol. The fourth-order valence-corrected chi connectivity index (χ4v) is 1.73. The van der Waals surface area contributed by atoms with Gasteiger partial charge in [-0.1, -0.05) is 0 Å². The molecule has 3 nitrogen and oxygen atoms in total. The molecular formula is C12H10BrFN2O. The van der Waals surface area contributed by atoms with Crippen molar-refractivity contribution >= 4 is 27.3 Å². The number of methoxy groups -OCH3 is 1. The van der Waals surface area contributed by atoms with Crippen LogP contribution in [0.15, 0.2) is 41.1 Å². The number of nitrogens with one attached hydrogen (secondary N) is 1. The summed E-state index contributed by atoms with van der Waals surface area (Å²) in [6.07, 6.45) is 3.33. The fourth-order valence-electron chi connectivity index (χ4n) is 1.38. The molecule has 0 atom stereocenters. The van der Waals surface area contributed by atoms with Gasteiger partial charge < -0.3 is 10.1 Å². The van der Waals surface area contributed by atoms with E-state index in [2.05, 4.69) is 26.2 Å². The highest BCUT2D eigenvalue weighted by Gasteiger charge is 2.04. The van der Waals surface area contributed by atoms with Crippen molar-refractivity contribution in [3.8, 4) is 5.75 Å². The third-order valence-electron chi connectivity index (χ3n) is 2.20. The monoisotopic (exact) mass is 296 g/mol. The first-order valence-electron chi connectivity index (χ1n) is 4.91. The Bertz CT molecular complexity index is 534. The molecule has 1 aromatic heterocycles. The minimum absolute atomic E-state index is 0.226. The normalized spacial score (nSPS) is 10.1. The van der Waals surface area contributed by atoms with Gasteiger partial charge in [0.1, 0.15) is 0 Å². The molecule has 0 spiro atoms. The largest absolute Gasteiger partial charge is 0.494 e. The highest BCUT2D eigenvalue weighted by atomic mass is 79.9. The molecule has 2 rings (SSSR count). The van der Waals surface area contributed by atoms with E-state index in [9.17, 15) is 4.39 Å². The number of anilines is 2. The molecule has 0 radical (unpaired) electrons. The molecule has 88 valence electrons. The first-order chi connectivity index (χ1) is 8.20. The van der Waals surface area contributed by atoms with Crippen LogP contribution in [-0.4, -0.2) is 12.1 Å². The van der Waals surface area contributed by atoms with Crippen molar-refractivity contribution in [2.75, 3.05) is 12.4 Å². The van der Waals surface area contributed by atoms with E-state index < -0.39 is 5.82 Å². The van der Waals surface area contributed by atoms with E-state index in [1.165, 1.54) is 13.2 Å². The molecule has 0 bridgehead atoms. The van der Waals surface area contributed by atoms with Gasteiger partial charge in [-0.25, -0.2) is 4.39 Å². The standard InChI is InChI=1S/C12H10BrFN2O/c1-17-12-3-2-8(6-10(12)14)16-11-4-5-15-7-9(11)13/h2-7H,1H3,(H,15,16). The second kappa shape index (κ2) is 5.14. The summed E-state index contributed by atoms with van der Waals surface area (Å²) in [5.74, 6) is -0.174. The summed E-state index contributed by atoms with van der Waals surface area (Å²) in [6.45, 7) is 0. The number of pyridine rings is 1. The van der Waals surface area contributed by atoms with Gasteiger partial charge >= 0.3 is 0 Å². The highest BCUT2D eigenvalue weighted by molar-refractivity contribution is 9.10. The molecule has 5 heteroatoms. The van der Waals surface area contributed by atoms with Crippen LogP contribution >= 0.6 is 15.9 Å². The summed E-state index contributed by atoms with van der Waals surface area (Å²) >= 11 is 3.36. The Morgan fingerprint density at radius 2 is 2.18 bits per heavy atom. The molecule has 1 aromatic carbocycles. The number of aromatic nitrogens is 1. The van der Waals surface area contributed by atoms with Crippen molar-refractivity contribution in [3.63, 3.8) is 0 Å². The number of ether oxygens (including phenoxy) is 1. The predicted octanol–water partition coefficient (Wildman–Crippen LogP) is 3.74. The predicted molar refractivity (Wildman–Crippen MR) is 68.2 cm³/mol. The van der Waals surface area contributed by atoms with E-state index in [1.54, 1.807) is 30.6 Å². The van der Waals surface area contributed by atoms with Crippen LogP contribution in [0.3, 0.4) is 0 Å². The number of benzene rings is 1. The number of rotatable bonds is 3. The zero-order valence-corrected chi connectivity index (χ0v) is 10.7. The molecule has 0 saturated carbocycles. The van der Waals surface area contributed by atoms with Gasteiger partial charge in [-0.15, -0.1) is 0 Å². The Hall–Kier alpha value is -1.62. The van der Waals surface area contributed by atoms with Crippen molar-refractivity contribution in [2.45, 2.75) is 0 Å². The van der Waals surface area contributed by atoms with Gasteiger partial charge in [0.2, 0.25) is 0 Å². The van der Waals surface area contributed by atoms with Gasteiger partial charge in [0, 0.05) is 24.1 Å². The summed E-state index contributed by atoms with van der Waals surface area (Å²) in [7, 11) is 1.44. The molecule has 17 heavy (non-hydrogen) atoms. The Balaban J connectivity index is 2.25. The van der Waals surface area contributed by atoms with Gasteiger partial charge in [0.25, 0.3) is 0 Å². The summed E-state index contributed by atoms with van der Waals surface area (Å²) in [4.78, 5) is 3.95. The van der Waals surface area contributed by atoms with Gasteiger partial charge in [-0.3, -0.25) is 4.98 Å². The van der Waals surface area contributed by atoms with Crippen molar-refractivity contribution in [2.24, 2.45) is 0 Å². The van der Waals surface area contributed by atoms with Crippen molar-refractivity contribution in [1.29, 1.82) is 0 Å². The summed E-state index contributed by atoms with van der Waals surface area (Å²) in [6, 6.07) is 6.50. The minimum atomic E-state index is -0.400. The molecule has 0 aliphatic heterocycles. The highest BCUT2D eigenvalue weighted by Crippen LogP contribution is 2.27. The Kier molecular flexibility index (Phi) is 3.58. The summed E-state index contributed by atoms with van der Waals surface area (Å²) in [5.41, 5.74) is 1.47. The number of hydrogen-bond acceptors (Lipinski definition) is 3. The second-order valence-corrected chi connectivity index (χ2v) is 4.18. The van der Waals surface area contributed by atoms with Crippen LogP contribution in [-0.2, 0) is 0 Å². The lowest BCUT2D eigenvalue weighted by Gasteiger charge is -2.09. The Morgan fingerprint density at radius 1 is 1.35 bits per heavy atom. The summed E-state index contributed by atoms with van der Waals surface area (Å²) < 4.78 is 19.1. The lowest BCUT2D eigenvalue weighted by atomic mass is 10.2. The molecule has 0 saturated heterocycles. The maximum absolute atomic E-state index is 13.5. The van der Waals surface area contributed by atoms with Gasteiger partial charge in [-0.05, 0) is 34.1 Å². The second-order valence-electron chi connectivity index (χ2n) is 3.33. The van der Waals surface area contributed by atoms with Crippen LogP contribution in [0.2, 0.25) is 0 Å². The molecule has 1 N–H and O–H groups in total. The van der Waals surface area contributed by atoms with Gasteiger partial charge in [0.05, 0.1) is 17.3 Å². The molecule has 0 unspecified atom stereocenters. The smallest absolute Gasteiger partial charge is 0.167 e. The van der Waals surface area contributed by atoms with E-state index in [4.69, 9.17) is 4.74 Å². The maximum atomic E-state index is 13.5. The average Bonchev–Trinajstić information content (AvgIpc) is 2.32. The maximum Gasteiger partial charge on any atom is 0.167 e. The molecule has 0 fully saturated rings. The number of halogens is 2. The van der Waals surface area contributed by atoms with Gasteiger partial charge in [-0.2, -0.15) is 0 Å². The fraction of sp³-hybridized carbons (Fsp3) is 0.0833. The lowest BCUT2D eigenvalue weighted by Crippen LogP contribution is -1.94. The van der Waals surface area contributed by atoms with Crippen LogP contribution in [0.1, 0.15) is 0 Å². The van der Waals surface area contributed by atoms with E-state index >= 15 is 0 Å². The molecule has 0 aliphatic rings. The lowest BCUT2D eigenvalue weighted by molar-refractivity contribution is 0.386. The van der Waals surface area contributed by atoms with Crippen molar-refractivity contribution in [3.05, 3.63) is 46.9 Å². The zero-order valence-electron chi connectivity index (χ0n) is 9.08. The first-order valence-corrected chi connectivity index (χ1v) is 5.70. The number of nitrogens with zero attached hydrogens (tertiary/aromatic N) is 1. The quantitative estimate of drug-likeness (QED) is 0.937. The van der Waals surface area contributed by atoms with Crippen molar-refractivity contribution < 1.29 is 9.13 Å². The van der Waals surface area contributed by atoms with Crippen molar-refractivity contribution in [1.82, 2.24) is 4.98 Å². The molecule has 2 aromatic rings. The van der Waals surface area contributed by atoms with E-state index in [-0.39, 0.29) is 5.75 Å². The van der Waals surface area contributed by atoms with Crippen LogP contribution in [0.4, 0.5) is 15.8 Å².